The number of hydrogen-bond acceptors (Lipinski definition) is 4. The molecule has 0 aliphatic carbocycles. The molecule has 4 heteroatoms. The van der Waals surface area contributed by atoms with Crippen molar-refractivity contribution < 1.29 is 19.1 Å². The molecule has 4 nitrogen and oxygen atoms in total. The fraction of sp³-hybridized carbons (Fsp3) is 0.600. The zero-order valence-corrected chi connectivity index (χ0v) is 15.3. The number of carbonyl (C=O) groups is 2. The molecule has 1 unspecified atom stereocenters. The number of esters is 2. The molecule has 24 heavy (non-hydrogen) atoms. The van der Waals surface area contributed by atoms with Gasteiger partial charge in [0.2, 0.25) is 0 Å². The van der Waals surface area contributed by atoms with Crippen LogP contribution in [0.1, 0.15) is 80.5 Å². The van der Waals surface area contributed by atoms with E-state index in [9.17, 15) is 9.59 Å². The van der Waals surface area contributed by atoms with Gasteiger partial charge in [0.15, 0.2) is 0 Å². The molecule has 0 N–H and O–H groups in total. The Morgan fingerprint density at radius 1 is 0.958 bits per heavy atom. The molecule has 0 aliphatic heterocycles. The van der Waals surface area contributed by atoms with Gasteiger partial charge in [0.1, 0.15) is 0 Å². The lowest BCUT2D eigenvalue weighted by atomic mass is 10.1. The fourth-order valence-corrected chi connectivity index (χ4v) is 2.31. The van der Waals surface area contributed by atoms with Crippen LogP contribution in [0.4, 0.5) is 0 Å². The van der Waals surface area contributed by atoms with Gasteiger partial charge >= 0.3 is 11.9 Å². The first-order valence-electron chi connectivity index (χ1n) is 8.92. The molecule has 1 aromatic rings. The highest BCUT2D eigenvalue weighted by atomic mass is 16.5. The quantitative estimate of drug-likeness (QED) is 0.445. The molecular weight excluding hydrogens is 304 g/mol. The lowest BCUT2D eigenvalue weighted by molar-refractivity contribution is 0.0302. The van der Waals surface area contributed by atoms with Gasteiger partial charge in [-0.25, -0.2) is 9.59 Å². The van der Waals surface area contributed by atoms with Crippen molar-refractivity contribution in [2.24, 2.45) is 5.92 Å². The fourth-order valence-electron chi connectivity index (χ4n) is 2.31. The zero-order valence-electron chi connectivity index (χ0n) is 15.3. The van der Waals surface area contributed by atoms with Gasteiger partial charge in [0, 0.05) is 0 Å². The van der Waals surface area contributed by atoms with E-state index >= 15 is 0 Å². The maximum Gasteiger partial charge on any atom is 0.339 e. The largest absolute Gasteiger partial charge is 0.462 e. The Morgan fingerprint density at radius 3 is 2.17 bits per heavy atom. The molecule has 0 aliphatic rings. The van der Waals surface area contributed by atoms with Crippen molar-refractivity contribution in [2.75, 3.05) is 6.61 Å². The first-order valence-corrected chi connectivity index (χ1v) is 8.92. The standard InChI is InChI=1S/C20H30O4/c1-5-6-9-14-23-19(21)17-10-7-8-11-18(17)20(22)24-16(4)13-12-15(2)3/h7-8,10-11,15-16H,5-6,9,12-14H2,1-4H3. The van der Waals surface area contributed by atoms with Crippen molar-refractivity contribution in [3.05, 3.63) is 35.4 Å². The number of carbonyl (C=O) groups excluding carboxylic acids is 2. The first-order chi connectivity index (χ1) is 11.5. The monoisotopic (exact) mass is 334 g/mol. The van der Waals surface area contributed by atoms with Crippen LogP contribution >= 0.6 is 0 Å². The summed E-state index contributed by atoms with van der Waals surface area (Å²) >= 11 is 0. The van der Waals surface area contributed by atoms with Gasteiger partial charge in [-0.3, -0.25) is 0 Å². The maximum atomic E-state index is 12.4. The molecule has 0 amide bonds. The lowest BCUT2D eigenvalue weighted by Gasteiger charge is -2.15. The summed E-state index contributed by atoms with van der Waals surface area (Å²) in [6, 6.07) is 6.67. The van der Waals surface area contributed by atoms with E-state index in [0.717, 1.165) is 32.1 Å². The van der Waals surface area contributed by atoms with Gasteiger partial charge < -0.3 is 9.47 Å². The van der Waals surface area contributed by atoms with Crippen LogP contribution in [0.15, 0.2) is 24.3 Å². The van der Waals surface area contributed by atoms with Gasteiger partial charge in [-0.15, -0.1) is 0 Å². The Labute approximate surface area is 145 Å². The molecule has 0 saturated heterocycles. The summed E-state index contributed by atoms with van der Waals surface area (Å²) in [7, 11) is 0. The van der Waals surface area contributed by atoms with E-state index in [1.165, 1.54) is 0 Å². The molecule has 0 bridgehead atoms. The van der Waals surface area contributed by atoms with Crippen LogP contribution in [0.25, 0.3) is 0 Å². The van der Waals surface area contributed by atoms with Crippen molar-refractivity contribution in [1.82, 2.24) is 0 Å². The number of rotatable bonds is 10. The highest BCUT2D eigenvalue weighted by Gasteiger charge is 2.20. The normalized spacial score (nSPS) is 12.0. The average Bonchev–Trinajstić information content (AvgIpc) is 2.56. The summed E-state index contributed by atoms with van der Waals surface area (Å²) in [6.07, 6.45) is 4.55. The minimum atomic E-state index is -0.465. The second-order valence-corrected chi connectivity index (χ2v) is 6.58. The Morgan fingerprint density at radius 2 is 1.58 bits per heavy atom. The van der Waals surface area contributed by atoms with E-state index in [2.05, 4.69) is 20.8 Å². The molecule has 0 saturated carbocycles. The lowest BCUT2D eigenvalue weighted by Crippen LogP contribution is -2.19. The SMILES string of the molecule is CCCCCOC(=O)c1ccccc1C(=O)OC(C)CCC(C)C. The van der Waals surface area contributed by atoms with Crippen molar-refractivity contribution in [2.45, 2.75) is 65.9 Å². The van der Waals surface area contributed by atoms with Gasteiger partial charge in [0.25, 0.3) is 0 Å². The Hall–Kier alpha value is -1.84. The third kappa shape index (κ3) is 7.16. The second-order valence-electron chi connectivity index (χ2n) is 6.58. The molecule has 0 fully saturated rings. The van der Waals surface area contributed by atoms with Crippen LogP contribution in [0.2, 0.25) is 0 Å². The summed E-state index contributed by atoms with van der Waals surface area (Å²) in [5.41, 5.74) is 0.546. The van der Waals surface area contributed by atoms with Crippen LogP contribution in [0.5, 0.6) is 0 Å². The predicted molar refractivity (Wildman–Crippen MR) is 95.2 cm³/mol. The van der Waals surface area contributed by atoms with Gasteiger partial charge in [-0.1, -0.05) is 45.7 Å². The smallest absolute Gasteiger partial charge is 0.339 e. The van der Waals surface area contributed by atoms with E-state index < -0.39 is 11.9 Å². The maximum absolute atomic E-state index is 12.4. The van der Waals surface area contributed by atoms with Crippen molar-refractivity contribution in [3.63, 3.8) is 0 Å². The summed E-state index contributed by atoms with van der Waals surface area (Å²) in [4.78, 5) is 24.6. The van der Waals surface area contributed by atoms with Crippen LogP contribution in [-0.4, -0.2) is 24.6 Å². The highest BCUT2D eigenvalue weighted by Crippen LogP contribution is 2.16. The molecule has 0 aromatic heterocycles. The van der Waals surface area contributed by atoms with E-state index in [-0.39, 0.29) is 17.2 Å². The summed E-state index contributed by atoms with van der Waals surface area (Å²) in [5.74, 6) is -0.364. The Balaban J connectivity index is 2.67. The number of hydrogen-bond donors (Lipinski definition) is 0. The van der Waals surface area contributed by atoms with Gasteiger partial charge in [0.05, 0.1) is 23.8 Å². The molecule has 0 heterocycles. The van der Waals surface area contributed by atoms with Crippen molar-refractivity contribution in [1.29, 1.82) is 0 Å². The average molecular weight is 334 g/mol. The predicted octanol–water partition coefficient (Wildman–Crippen LogP) is 5.02. The van der Waals surface area contributed by atoms with E-state index in [4.69, 9.17) is 9.47 Å². The first kappa shape index (κ1) is 20.2. The third-order valence-corrected chi connectivity index (χ3v) is 3.81. The minimum absolute atomic E-state index is 0.173. The van der Waals surface area contributed by atoms with Crippen LogP contribution in [-0.2, 0) is 9.47 Å². The second kappa shape index (κ2) is 10.8. The van der Waals surface area contributed by atoms with E-state index in [1.807, 2.05) is 6.92 Å². The van der Waals surface area contributed by atoms with Crippen molar-refractivity contribution in [3.8, 4) is 0 Å². The number of benzene rings is 1. The highest BCUT2D eigenvalue weighted by molar-refractivity contribution is 6.03. The molecule has 1 rings (SSSR count). The summed E-state index contributed by atoms with van der Waals surface area (Å²) in [6.45, 7) is 8.62. The topological polar surface area (TPSA) is 52.6 Å². The number of ether oxygens (including phenoxy) is 2. The zero-order chi connectivity index (χ0) is 17.9. The van der Waals surface area contributed by atoms with Crippen LogP contribution < -0.4 is 0 Å². The van der Waals surface area contributed by atoms with Crippen LogP contribution in [0, 0.1) is 5.92 Å². The van der Waals surface area contributed by atoms with Crippen LogP contribution in [0.3, 0.4) is 0 Å². The summed E-state index contributed by atoms with van der Waals surface area (Å²) in [5, 5.41) is 0. The third-order valence-electron chi connectivity index (χ3n) is 3.81. The molecule has 0 radical (unpaired) electrons. The van der Waals surface area contributed by atoms with E-state index in [1.54, 1.807) is 24.3 Å². The Kier molecular flexibility index (Phi) is 9.13. The molecule has 0 spiro atoms. The van der Waals surface area contributed by atoms with Crippen molar-refractivity contribution >= 4 is 11.9 Å². The molecule has 1 atom stereocenters. The minimum Gasteiger partial charge on any atom is -0.462 e. The summed E-state index contributed by atoms with van der Waals surface area (Å²) < 4.78 is 10.7. The number of unbranched alkanes of at least 4 members (excludes halogenated alkanes) is 2. The molecular formula is C20H30O4. The van der Waals surface area contributed by atoms with Gasteiger partial charge in [-0.05, 0) is 44.2 Å². The Bertz CT molecular complexity index is 522. The van der Waals surface area contributed by atoms with E-state index in [0.29, 0.717) is 12.5 Å². The van der Waals surface area contributed by atoms with Gasteiger partial charge in [-0.2, -0.15) is 0 Å². The molecule has 134 valence electrons. The molecule has 1 aromatic carbocycles.